The van der Waals surface area contributed by atoms with E-state index in [1.807, 2.05) is 41.5 Å². The van der Waals surface area contributed by atoms with E-state index in [1.165, 1.54) is 12.1 Å². The van der Waals surface area contributed by atoms with E-state index in [9.17, 15) is 14.3 Å². The van der Waals surface area contributed by atoms with E-state index >= 15 is 0 Å². The van der Waals surface area contributed by atoms with Gasteiger partial charge in [-0.15, -0.1) is 0 Å². The fourth-order valence-corrected chi connectivity index (χ4v) is 3.11. The number of H-pyrrole nitrogens is 1. The second-order valence-electron chi connectivity index (χ2n) is 6.35. The van der Waals surface area contributed by atoms with Crippen molar-refractivity contribution in [2.45, 2.75) is 54.9 Å². The number of halogens is 1. The Bertz CT molecular complexity index is 961. The number of aromatic hydroxyl groups is 1. The molecule has 0 atom stereocenters. The van der Waals surface area contributed by atoms with Crippen LogP contribution >= 0.6 is 0 Å². The van der Waals surface area contributed by atoms with Gasteiger partial charge in [0, 0.05) is 23.2 Å². The molecule has 3 rings (SSSR count). The standard InChI is InChI=1S/C20H21FN2O2.2C2H6/c1-11-4-6-14(10-17(11)24)20(25)22-9-8-15-13(3)23-19-16(21)7-5-12(2)18(15)19;2*1-2/h4-7,10,23-24H,8-9H2,1-3H3,(H,22,25);2*1-2H3. The van der Waals surface area contributed by atoms with Crippen LogP contribution in [-0.4, -0.2) is 22.5 Å². The summed E-state index contributed by atoms with van der Waals surface area (Å²) in [5, 5.41) is 13.5. The Morgan fingerprint density at radius 2 is 1.66 bits per heavy atom. The highest BCUT2D eigenvalue weighted by Crippen LogP contribution is 2.27. The lowest BCUT2D eigenvalue weighted by molar-refractivity contribution is 0.0953. The van der Waals surface area contributed by atoms with Gasteiger partial charge in [-0.3, -0.25) is 4.79 Å². The first-order valence-corrected chi connectivity index (χ1v) is 10.2. The zero-order valence-corrected chi connectivity index (χ0v) is 18.5. The molecule has 0 radical (unpaired) electrons. The molecule has 158 valence electrons. The molecule has 0 aliphatic rings. The zero-order chi connectivity index (χ0) is 22.1. The number of aromatic nitrogens is 1. The van der Waals surface area contributed by atoms with Gasteiger partial charge >= 0.3 is 0 Å². The van der Waals surface area contributed by atoms with E-state index in [0.717, 1.165) is 27.8 Å². The van der Waals surface area contributed by atoms with Crippen molar-refractivity contribution in [1.29, 1.82) is 0 Å². The Morgan fingerprint density at radius 1 is 1.03 bits per heavy atom. The van der Waals surface area contributed by atoms with E-state index < -0.39 is 0 Å². The summed E-state index contributed by atoms with van der Waals surface area (Å²) >= 11 is 0. The number of carbonyl (C=O) groups excluding carboxylic acids is 1. The predicted molar refractivity (Wildman–Crippen MR) is 119 cm³/mol. The summed E-state index contributed by atoms with van der Waals surface area (Å²) < 4.78 is 14.0. The fourth-order valence-electron chi connectivity index (χ4n) is 3.11. The molecule has 0 aliphatic carbocycles. The molecule has 4 nitrogen and oxygen atoms in total. The highest BCUT2D eigenvalue weighted by Gasteiger charge is 2.14. The first-order chi connectivity index (χ1) is 13.9. The van der Waals surface area contributed by atoms with E-state index in [1.54, 1.807) is 25.1 Å². The van der Waals surface area contributed by atoms with Crippen molar-refractivity contribution >= 4 is 16.8 Å². The topological polar surface area (TPSA) is 65.1 Å². The summed E-state index contributed by atoms with van der Waals surface area (Å²) in [5.41, 5.74) is 4.58. The number of aryl methyl sites for hydroxylation is 3. The zero-order valence-electron chi connectivity index (χ0n) is 18.5. The number of phenols is 1. The average Bonchev–Trinajstić information content (AvgIpc) is 3.07. The Kier molecular flexibility index (Phi) is 9.39. The van der Waals surface area contributed by atoms with Crippen molar-refractivity contribution in [3.05, 3.63) is 64.1 Å². The molecular formula is C24H33FN2O2. The number of benzene rings is 2. The van der Waals surface area contributed by atoms with Gasteiger partial charge in [0.1, 0.15) is 11.6 Å². The van der Waals surface area contributed by atoms with Crippen LogP contribution in [0.4, 0.5) is 4.39 Å². The summed E-state index contributed by atoms with van der Waals surface area (Å²) in [6.07, 6.45) is 0.597. The van der Waals surface area contributed by atoms with E-state index in [2.05, 4.69) is 10.3 Å². The number of phenolic OH excluding ortho intramolecular Hbond substituents is 1. The van der Waals surface area contributed by atoms with Crippen LogP contribution < -0.4 is 5.32 Å². The lowest BCUT2D eigenvalue weighted by Crippen LogP contribution is -2.25. The smallest absolute Gasteiger partial charge is 0.251 e. The molecule has 0 fully saturated rings. The predicted octanol–water partition coefficient (Wildman–Crippen LogP) is 5.96. The quantitative estimate of drug-likeness (QED) is 0.506. The van der Waals surface area contributed by atoms with Gasteiger partial charge in [-0.05, 0) is 62.1 Å². The van der Waals surface area contributed by atoms with Crippen LogP contribution in [0.15, 0.2) is 30.3 Å². The van der Waals surface area contributed by atoms with E-state index in [0.29, 0.717) is 24.0 Å². The van der Waals surface area contributed by atoms with Gasteiger partial charge in [0.2, 0.25) is 0 Å². The molecule has 0 bridgehead atoms. The average molecular weight is 401 g/mol. The fraction of sp³-hybridized carbons (Fsp3) is 0.375. The molecule has 0 saturated heterocycles. The summed E-state index contributed by atoms with van der Waals surface area (Å²) in [6.45, 7) is 14.1. The minimum atomic E-state index is -0.269. The number of nitrogens with one attached hydrogen (secondary N) is 2. The van der Waals surface area contributed by atoms with Crippen molar-refractivity contribution in [3.8, 4) is 5.75 Å². The number of carbonyl (C=O) groups is 1. The molecule has 3 aromatic rings. The van der Waals surface area contributed by atoms with Crippen molar-refractivity contribution in [3.63, 3.8) is 0 Å². The maximum Gasteiger partial charge on any atom is 0.251 e. The third-order valence-corrected chi connectivity index (χ3v) is 4.56. The Morgan fingerprint density at radius 3 is 2.28 bits per heavy atom. The van der Waals surface area contributed by atoms with Crippen LogP contribution in [0, 0.1) is 26.6 Å². The molecule has 0 aliphatic heterocycles. The Labute approximate surface area is 173 Å². The van der Waals surface area contributed by atoms with Crippen LogP contribution in [0.5, 0.6) is 5.75 Å². The summed E-state index contributed by atoms with van der Waals surface area (Å²) in [7, 11) is 0. The van der Waals surface area contributed by atoms with Gasteiger partial charge in [0.05, 0.1) is 5.52 Å². The van der Waals surface area contributed by atoms with Crippen LogP contribution in [0.25, 0.3) is 10.9 Å². The minimum Gasteiger partial charge on any atom is -0.508 e. The molecule has 3 N–H and O–H groups in total. The maximum absolute atomic E-state index is 14.0. The SMILES string of the molecule is CC.CC.Cc1ccc(C(=O)NCCc2c(C)[nH]c3c(F)ccc(C)c23)cc1O. The number of fused-ring (bicyclic) bond motifs is 1. The minimum absolute atomic E-state index is 0.103. The van der Waals surface area contributed by atoms with E-state index in [4.69, 9.17) is 0 Å². The van der Waals surface area contributed by atoms with E-state index in [-0.39, 0.29) is 17.5 Å². The van der Waals surface area contributed by atoms with Crippen molar-refractivity contribution in [1.82, 2.24) is 10.3 Å². The van der Waals surface area contributed by atoms with Gasteiger partial charge in [0.15, 0.2) is 0 Å². The molecule has 1 amide bonds. The van der Waals surface area contributed by atoms with Crippen LogP contribution in [0.3, 0.4) is 0 Å². The second-order valence-corrected chi connectivity index (χ2v) is 6.35. The number of hydrogen-bond acceptors (Lipinski definition) is 2. The third kappa shape index (κ3) is 5.59. The first-order valence-electron chi connectivity index (χ1n) is 10.2. The Hall–Kier alpha value is -2.82. The van der Waals surface area contributed by atoms with Crippen molar-refractivity contribution < 1.29 is 14.3 Å². The molecule has 0 spiro atoms. The molecule has 0 saturated carbocycles. The molecule has 1 aromatic heterocycles. The lowest BCUT2D eigenvalue weighted by Gasteiger charge is -2.08. The Balaban J connectivity index is 0.000000989. The van der Waals surface area contributed by atoms with Crippen LogP contribution in [0.2, 0.25) is 0 Å². The van der Waals surface area contributed by atoms with Gasteiger partial charge in [-0.1, -0.05) is 39.8 Å². The van der Waals surface area contributed by atoms with Crippen LogP contribution in [-0.2, 0) is 6.42 Å². The van der Waals surface area contributed by atoms with Crippen LogP contribution in [0.1, 0.15) is 60.4 Å². The normalized spacial score (nSPS) is 9.93. The van der Waals surface area contributed by atoms with Gasteiger partial charge in [-0.2, -0.15) is 0 Å². The van der Waals surface area contributed by atoms with Gasteiger partial charge in [0.25, 0.3) is 5.91 Å². The largest absolute Gasteiger partial charge is 0.508 e. The highest BCUT2D eigenvalue weighted by molar-refractivity contribution is 5.94. The molecule has 5 heteroatoms. The molecule has 1 heterocycles. The highest BCUT2D eigenvalue weighted by atomic mass is 19.1. The number of aromatic amines is 1. The lowest BCUT2D eigenvalue weighted by atomic mass is 10.0. The second kappa shape index (κ2) is 11.2. The summed E-state index contributed by atoms with van der Waals surface area (Å²) in [4.78, 5) is 15.3. The number of amides is 1. The number of hydrogen-bond donors (Lipinski definition) is 3. The molecule has 2 aromatic carbocycles. The number of rotatable bonds is 4. The summed E-state index contributed by atoms with van der Waals surface area (Å²) in [5.74, 6) is -0.406. The molecule has 0 unspecified atom stereocenters. The van der Waals surface area contributed by atoms with Gasteiger partial charge < -0.3 is 15.4 Å². The maximum atomic E-state index is 14.0. The first kappa shape index (κ1) is 24.2. The van der Waals surface area contributed by atoms with Crippen molar-refractivity contribution in [2.24, 2.45) is 0 Å². The molecular weight excluding hydrogens is 367 g/mol. The van der Waals surface area contributed by atoms with Gasteiger partial charge in [-0.25, -0.2) is 4.39 Å². The van der Waals surface area contributed by atoms with Crippen molar-refractivity contribution in [2.75, 3.05) is 6.54 Å². The monoisotopic (exact) mass is 400 g/mol. The summed E-state index contributed by atoms with van der Waals surface area (Å²) in [6, 6.07) is 8.08. The third-order valence-electron chi connectivity index (χ3n) is 4.56. The molecule has 29 heavy (non-hydrogen) atoms.